The van der Waals surface area contributed by atoms with Crippen LogP contribution < -0.4 is 16.2 Å². The van der Waals surface area contributed by atoms with Crippen LogP contribution in [0.4, 0.5) is 0 Å². The second-order valence-electron chi connectivity index (χ2n) is 3.96. The molecule has 1 unspecified atom stereocenters. The summed E-state index contributed by atoms with van der Waals surface area (Å²) in [6.45, 7) is 2.48. The first-order valence-corrected chi connectivity index (χ1v) is 5.85. The Morgan fingerprint density at radius 2 is 1.83 bits per heavy atom. The van der Waals surface area contributed by atoms with Crippen molar-refractivity contribution in [2.75, 3.05) is 6.61 Å². The van der Waals surface area contributed by atoms with Crippen LogP contribution in [0.2, 0.25) is 0 Å². The number of nitrogens with two attached hydrogens (primary N) is 2. The van der Waals surface area contributed by atoms with E-state index in [1.54, 1.807) is 24.3 Å². The van der Waals surface area contributed by atoms with E-state index in [1.807, 2.05) is 6.92 Å². The highest BCUT2D eigenvalue weighted by molar-refractivity contribution is 5.83. The van der Waals surface area contributed by atoms with Gasteiger partial charge in [-0.15, -0.1) is 0 Å². The Hall–Kier alpha value is -2.04. The highest BCUT2D eigenvalue weighted by atomic mass is 16.5. The van der Waals surface area contributed by atoms with Crippen LogP contribution in [-0.4, -0.2) is 18.4 Å². The lowest BCUT2D eigenvalue weighted by Gasteiger charge is -2.13. The second-order valence-corrected chi connectivity index (χ2v) is 3.96. The third-order valence-corrected chi connectivity index (χ3v) is 2.62. The standard InChI is InChI=1S/C13H18N2O3/c1-2-18-10-5-3-9(4-6-10)11(13(15)17)7-8-12(14)16/h3-6,11H,2,7-8H2,1H3,(H2,14,16)(H2,15,17). The minimum Gasteiger partial charge on any atom is -0.494 e. The van der Waals surface area contributed by atoms with Crippen LogP contribution in [-0.2, 0) is 9.59 Å². The third kappa shape index (κ3) is 4.08. The SMILES string of the molecule is CCOc1ccc(C(CCC(N)=O)C(N)=O)cc1. The van der Waals surface area contributed by atoms with Crippen LogP contribution in [0.15, 0.2) is 24.3 Å². The Bertz CT molecular complexity index is 415. The Labute approximate surface area is 106 Å². The predicted octanol–water partition coefficient (Wildman–Crippen LogP) is 0.920. The Balaban J connectivity index is 2.78. The molecule has 5 heteroatoms. The molecule has 0 saturated heterocycles. The molecule has 0 aliphatic rings. The molecule has 0 radical (unpaired) electrons. The van der Waals surface area contributed by atoms with Gasteiger partial charge in [0.15, 0.2) is 0 Å². The van der Waals surface area contributed by atoms with Crippen LogP contribution in [0.3, 0.4) is 0 Å². The summed E-state index contributed by atoms with van der Waals surface area (Å²) in [4.78, 5) is 22.1. The Morgan fingerprint density at radius 1 is 1.22 bits per heavy atom. The maximum absolute atomic E-state index is 11.4. The highest BCUT2D eigenvalue weighted by Gasteiger charge is 2.18. The van der Waals surface area contributed by atoms with E-state index in [-0.39, 0.29) is 6.42 Å². The van der Waals surface area contributed by atoms with Gasteiger partial charge in [-0.05, 0) is 31.0 Å². The zero-order valence-electron chi connectivity index (χ0n) is 10.4. The number of ether oxygens (including phenoxy) is 1. The molecule has 0 aromatic heterocycles. The number of carbonyl (C=O) groups is 2. The molecule has 1 aromatic rings. The van der Waals surface area contributed by atoms with Gasteiger partial charge in [-0.2, -0.15) is 0 Å². The zero-order valence-corrected chi connectivity index (χ0v) is 10.4. The van der Waals surface area contributed by atoms with Crippen molar-refractivity contribution in [3.05, 3.63) is 29.8 Å². The average Bonchev–Trinajstić information content (AvgIpc) is 2.31. The lowest BCUT2D eigenvalue weighted by atomic mass is 9.93. The number of amides is 2. The van der Waals surface area contributed by atoms with Crippen molar-refractivity contribution in [1.29, 1.82) is 0 Å². The molecule has 98 valence electrons. The summed E-state index contributed by atoms with van der Waals surface area (Å²) in [5, 5.41) is 0. The second kappa shape index (κ2) is 6.64. The fraction of sp³-hybridized carbons (Fsp3) is 0.385. The molecule has 0 fully saturated rings. The van der Waals surface area contributed by atoms with Gasteiger partial charge < -0.3 is 16.2 Å². The van der Waals surface area contributed by atoms with Crippen molar-refractivity contribution in [2.24, 2.45) is 11.5 Å². The summed E-state index contributed by atoms with van der Waals surface area (Å²) < 4.78 is 5.31. The van der Waals surface area contributed by atoms with Gasteiger partial charge in [-0.1, -0.05) is 12.1 Å². The van der Waals surface area contributed by atoms with E-state index in [0.29, 0.717) is 13.0 Å². The largest absolute Gasteiger partial charge is 0.494 e. The molecule has 1 rings (SSSR count). The fourth-order valence-corrected chi connectivity index (χ4v) is 1.72. The van der Waals surface area contributed by atoms with Gasteiger partial charge in [0.2, 0.25) is 11.8 Å². The molecular formula is C13H18N2O3. The molecule has 0 heterocycles. The predicted molar refractivity (Wildman–Crippen MR) is 68.0 cm³/mol. The summed E-state index contributed by atoms with van der Waals surface area (Å²) >= 11 is 0. The van der Waals surface area contributed by atoms with Crippen molar-refractivity contribution in [3.8, 4) is 5.75 Å². The van der Waals surface area contributed by atoms with Gasteiger partial charge in [-0.25, -0.2) is 0 Å². The maximum atomic E-state index is 11.4. The van der Waals surface area contributed by atoms with E-state index >= 15 is 0 Å². The highest BCUT2D eigenvalue weighted by Crippen LogP contribution is 2.23. The van der Waals surface area contributed by atoms with E-state index in [9.17, 15) is 9.59 Å². The van der Waals surface area contributed by atoms with Gasteiger partial charge in [-0.3, -0.25) is 9.59 Å². The van der Waals surface area contributed by atoms with Crippen LogP contribution >= 0.6 is 0 Å². The minimum atomic E-state index is -0.492. The fourth-order valence-electron chi connectivity index (χ4n) is 1.72. The zero-order chi connectivity index (χ0) is 13.5. The number of benzene rings is 1. The van der Waals surface area contributed by atoms with Gasteiger partial charge in [0, 0.05) is 6.42 Å². The number of hydrogen-bond acceptors (Lipinski definition) is 3. The summed E-state index contributed by atoms with van der Waals surface area (Å²) in [6, 6.07) is 7.11. The molecule has 0 aliphatic carbocycles. The van der Waals surface area contributed by atoms with Gasteiger partial charge in [0.25, 0.3) is 0 Å². The minimum absolute atomic E-state index is 0.140. The third-order valence-electron chi connectivity index (χ3n) is 2.62. The molecule has 0 saturated carbocycles. The van der Waals surface area contributed by atoms with E-state index in [2.05, 4.69) is 0 Å². The molecule has 5 nitrogen and oxygen atoms in total. The van der Waals surface area contributed by atoms with Crippen LogP contribution in [0.25, 0.3) is 0 Å². The molecule has 2 amide bonds. The number of rotatable bonds is 7. The van der Waals surface area contributed by atoms with Crippen LogP contribution in [0, 0.1) is 0 Å². The van der Waals surface area contributed by atoms with E-state index in [4.69, 9.17) is 16.2 Å². The van der Waals surface area contributed by atoms with Crippen LogP contribution in [0.1, 0.15) is 31.2 Å². The first-order chi connectivity index (χ1) is 8.54. The quantitative estimate of drug-likeness (QED) is 0.753. The summed E-state index contributed by atoms with van der Waals surface area (Å²) in [5.41, 5.74) is 11.2. The van der Waals surface area contributed by atoms with Crippen molar-refractivity contribution in [3.63, 3.8) is 0 Å². The molecule has 4 N–H and O–H groups in total. The number of hydrogen-bond donors (Lipinski definition) is 2. The van der Waals surface area contributed by atoms with Crippen LogP contribution in [0.5, 0.6) is 5.75 Å². The molecule has 0 aliphatic heterocycles. The van der Waals surface area contributed by atoms with Crippen molar-refractivity contribution in [1.82, 2.24) is 0 Å². The normalized spacial score (nSPS) is 11.8. The lowest BCUT2D eigenvalue weighted by molar-refractivity contribution is -0.120. The van der Waals surface area contributed by atoms with E-state index < -0.39 is 17.7 Å². The topological polar surface area (TPSA) is 95.4 Å². The summed E-state index contributed by atoms with van der Waals surface area (Å²) in [5.74, 6) is -0.653. The van der Waals surface area contributed by atoms with Crippen molar-refractivity contribution >= 4 is 11.8 Å². The molecule has 18 heavy (non-hydrogen) atoms. The maximum Gasteiger partial charge on any atom is 0.224 e. The smallest absolute Gasteiger partial charge is 0.224 e. The van der Waals surface area contributed by atoms with Crippen molar-refractivity contribution < 1.29 is 14.3 Å². The molecule has 0 bridgehead atoms. The van der Waals surface area contributed by atoms with Gasteiger partial charge in [0.05, 0.1) is 12.5 Å². The van der Waals surface area contributed by atoms with Gasteiger partial charge in [0.1, 0.15) is 5.75 Å². The molecular weight excluding hydrogens is 232 g/mol. The van der Waals surface area contributed by atoms with E-state index in [0.717, 1.165) is 11.3 Å². The monoisotopic (exact) mass is 250 g/mol. The summed E-state index contributed by atoms with van der Waals surface area (Å²) in [6.07, 6.45) is 0.472. The lowest BCUT2D eigenvalue weighted by Crippen LogP contribution is -2.23. The first kappa shape index (κ1) is 14.0. The Kier molecular flexibility index (Phi) is 5.17. The first-order valence-electron chi connectivity index (χ1n) is 5.85. The average molecular weight is 250 g/mol. The van der Waals surface area contributed by atoms with E-state index in [1.165, 1.54) is 0 Å². The number of primary amides is 2. The molecule has 0 spiro atoms. The molecule has 1 atom stereocenters. The number of carbonyl (C=O) groups excluding carboxylic acids is 2. The Morgan fingerprint density at radius 3 is 2.28 bits per heavy atom. The van der Waals surface area contributed by atoms with Gasteiger partial charge >= 0.3 is 0 Å². The summed E-state index contributed by atoms with van der Waals surface area (Å²) in [7, 11) is 0. The van der Waals surface area contributed by atoms with Crippen molar-refractivity contribution in [2.45, 2.75) is 25.7 Å². The molecule has 1 aromatic carbocycles.